The van der Waals surface area contributed by atoms with E-state index in [0.29, 0.717) is 0 Å². The largest absolute Gasteiger partial charge is 0.481 e. The van der Waals surface area contributed by atoms with Crippen LogP contribution in [-0.2, 0) is 4.79 Å². The molecule has 18 heavy (non-hydrogen) atoms. The Morgan fingerprint density at radius 2 is 2.06 bits per heavy atom. The maximum Gasteiger partial charge on any atom is 0.308 e. The molecule has 0 saturated carbocycles. The molecule has 0 amide bonds. The second-order valence-corrected chi connectivity index (χ2v) is 3.89. The van der Waals surface area contributed by atoms with Gasteiger partial charge in [-0.05, 0) is 12.1 Å². The minimum absolute atomic E-state index is 0.0581. The third kappa shape index (κ3) is 3.20. The molecule has 96 valence electrons. The highest BCUT2D eigenvalue weighted by molar-refractivity contribution is 5.70. The molecular weight excluding hydrogens is 240 g/mol. The number of halogens is 2. The van der Waals surface area contributed by atoms with Crippen LogP contribution in [0.1, 0.15) is 6.92 Å². The standard InChI is InChI=1S/C13H13F2NO2/c1-3-7-16(8-9(2)13(17)18)12-10(14)5-4-6-11(12)15/h1,4-6,9H,7-8H2,2H3,(H,17,18). The highest BCUT2D eigenvalue weighted by Crippen LogP contribution is 2.23. The SMILES string of the molecule is C#CCN(CC(C)C(=O)O)c1c(F)cccc1F. The fraction of sp³-hybridized carbons (Fsp3) is 0.308. The molecule has 1 rings (SSSR count). The fourth-order valence-electron chi connectivity index (χ4n) is 1.54. The third-order valence-corrected chi connectivity index (χ3v) is 2.45. The van der Waals surface area contributed by atoms with Gasteiger partial charge < -0.3 is 10.0 Å². The van der Waals surface area contributed by atoms with Gasteiger partial charge in [-0.25, -0.2) is 8.78 Å². The number of hydrogen-bond acceptors (Lipinski definition) is 2. The molecular formula is C13H13F2NO2. The molecule has 1 N–H and O–H groups in total. The zero-order valence-electron chi connectivity index (χ0n) is 9.86. The molecule has 0 aromatic heterocycles. The summed E-state index contributed by atoms with van der Waals surface area (Å²) in [4.78, 5) is 12.0. The Balaban J connectivity index is 3.05. The van der Waals surface area contributed by atoms with Crippen molar-refractivity contribution in [3.8, 4) is 12.3 Å². The molecule has 0 heterocycles. The monoisotopic (exact) mass is 253 g/mol. The first-order valence-corrected chi connectivity index (χ1v) is 5.32. The number of aliphatic carboxylic acids is 1. The van der Waals surface area contributed by atoms with Gasteiger partial charge in [-0.3, -0.25) is 4.79 Å². The average molecular weight is 253 g/mol. The van der Waals surface area contributed by atoms with E-state index in [2.05, 4.69) is 5.92 Å². The van der Waals surface area contributed by atoms with Crippen LogP contribution < -0.4 is 4.90 Å². The highest BCUT2D eigenvalue weighted by Gasteiger charge is 2.21. The Morgan fingerprint density at radius 1 is 1.50 bits per heavy atom. The molecule has 0 fully saturated rings. The molecule has 0 saturated heterocycles. The molecule has 0 radical (unpaired) electrons. The number of para-hydroxylation sites is 1. The number of carbonyl (C=O) groups is 1. The van der Waals surface area contributed by atoms with Crippen molar-refractivity contribution in [3.63, 3.8) is 0 Å². The summed E-state index contributed by atoms with van der Waals surface area (Å²) >= 11 is 0. The molecule has 0 bridgehead atoms. The normalized spacial score (nSPS) is 11.7. The number of hydrogen-bond donors (Lipinski definition) is 1. The molecule has 0 aliphatic rings. The second kappa shape index (κ2) is 6.01. The number of terminal acetylenes is 1. The van der Waals surface area contributed by atoms with Crippen molar-refractivity contribution in [1.29, 1.82) is 0 Å². The Kier molecular flexibility index (Phi) is 4.67. The minimum atomic E-state index is -1.05. The van der Waals surface area contributed by atoms with Crippen LogP contribution in [0.15, 0.2) is 18.2 Å². The summed E-state index contributed by atoms with van der Waals surface area (Å²) < 4.78 is 27.2. The summed E-state index contributed by atoms with van der Waals surface area (Å²) in [6.07, 6.45) is 5.13. The van der Waals surface area contributed by atoms with Crippen LogP contribution in [0.5, 0.6) is 0 Å². The van der Waals surface area contributed by atoms with Crippen molar-refractivity contribution in [3.05, 3.63) is 29.8 Å². The van der Waals surface area contributed by atoms with E-state index in [4.69, 9.17) is 11.5 Å². The zero-order chi connectivity index (χ0) is 13.7. The molecule has 3 nitrogen and oxygen atoms in total. The lowest BCUT2D eigenvalue weighted by atomic mass is 10.1. The average Bonchev–Trinajstić information content (AvgIpc) is 2.28. The lowest BCUT2D eigenvalue weighted by molar-refractivity contribution is -0.140. The van der Waals surface area contributed by atoms with E-state index < -0.39 is 23.5 Å². The second-order valence-electron chi connectivity index (χ2n) is 3.89. The van der Waals surface area contributed by atoms with Crippen LogP contribution in [0, 0.1) is 29.9 Å². The van der Waals surface area contributed by atoms with Crippen molar-refractivity contribution >= 4 is 11.7 Å². The summed E-state index contributed by atoms with van der Waals surface area (Å²) in [5, 5.41) is 8.82. The Hall–Kier alpha value is -2.09. The zero-order valence-corrected chi connectivity index (χ0v) is 9.86. The van der Waals surface area contributed by atoms with Crippen LogP contribution in [0.2, 0.25) is 0 Å². The first-order chi connectivity index (χ1) is 8.47. The van der Waals surface area contributed by atoms with Gasteiger partial charge in [0.1, 0.15) is 17.3 Å². The van der Waals surface area contributed by atoms with Gasteiger partial charge in [0.2, 0.25) is 0 Å². The van der Waals surface area contributed by atoms with Crippen LogP contribution in [0.4, 0.5) is 14.5 Å². The molecule has 0 aliphatic heterocycles. The van der Waals surface area contributed by atoms with Crippen molar-refractivity contribution in [2.75, 3.05) is 18.0 Å². The van der Waals surface area contributed by atoms with Crippen molar-refractivity contribution in [2.24, 2.45) is 5.92 Å². The predicted molar refractivity (Wildman–Crippen MR) is 64.2 cm³/mol. The molecule has 5 heteroatoms. The van der Waals surface area contributed by atoms with E-state index in [9.17, 15) is 13.6 Å². The number of nitrogens with zero attached hydrogens (tertiary/aromatic N) is 1. The molecule has 1 aromatic rings. The minimum Gasteiger partial charge on any atom is -0.481 e. The molecule has 0 spiro atoms. The van der Waals surface area contributed by atoms with Crippen molar-refractivity contribution < 1.29 is 18.7 Å². The van der Waals surface area contributed by atoms with E-state index in [1.54, 1.807) is 0 Å². The van der Waals surface area contributed by atoms with Gasteiger partial charge in [0, 0.05) is 6.54 Å². The van der Waals surface area contributed by atoms with Gasteiger partial charge in [0.15, 0.2) is 0 Å². The maximum atomic E-state index is 13.6. The molecule has 0 aliphatic carbocycles. The Labute approximate surface area is 104 Å². The van der Waals surface area contributed by atoms with E-state index in [1.807, 2.05) is 0 Å². The quantitative estimate of drug-likeness (QED) is 0.817. The topological polar surface area (TPSA) is 40.5 Å². The van der Waals surface area contributed by atoms with E-state index >= 15 is 0 Å². The smallest absolute Gasteiger partial charge is 0.308 e. The van der Waals surface area contributed by atoms with Gasteiger partial charge in [-0.2, -0.15) is 0 Å². The van der Waals surface area contributed by atoms with Crippen molar-refractivity contribution in [2.45, 2.75) is 6.92 Å². The number of rotatable bonds is 5. The number of carboxylic acids is 1. The van der Waals surface area contributed by atoms with Crippen LogP contribution in [0.25, 0.3) is 0 Å². The summed E-state index contributed by atoms with van der Waals surface area (Å²) in [6.45, 7) is 1.33. The van der Waals surface area contributed by atoms with E-state index in [0.717, 1.165) is 12.1 Å². The summed E-state index contributed by atoms with van der Waals surface area (Å²) in [5.41, 5.74) is -0.288. The first-order valence-electron chi connectivity index (χ1n) is 5.32. The first kappa shape index (κ1) is 14.0. The van der Waals surface area contributed by atoms with Gasteiger partial charge in [0.25, 0.3) is 0 Å². The van der Waals surface area contributed by atoms with Gasteiger partial charge >= 0.3 is 5.97 Å². The maximum absolute atomic E-state index is 13.6. The summed E-state index contributed by atoms with van der Waals surface area (Å²) in [6, 6.07) is 3.45. The predicted octanol–water partition coefficient (Wildman–Crippen LogP) is 2.13. The van der Waals surface area contributed by atoms with Gasteiger partial charge in [-0.15, -0.1) is 6.42 Å². The lowest BCUT2D eigenvalue weighted by Gasteiger charge is -2.25. The lowest BCUT2D eigenvalue weighted by Crippen LogP contribution is -2.33. The van der Waals surface area contributed by atoms with E-state index in [1.165, 1.54) is 17.9 Å². The molecule has 1 unspecified atom stereocenters. The number of benzene rings is 1. The van der Waals surface area contributed by atoms with Crippen LogP contribution in [-0.4, -0.2) is 24.2 Å². The summed E-state index contributed by atoms with van der Waals surface area (Å²) in [7, 11) is 0. The van der Waals surface area contributed by atoms with Crippen LogP contribution in [0.3, 0.4) is 0 Å². The summed E-state index contributed by atoms with van der Waals surface area (Å²) in [5.74, 6) is -1.09. The van der Waals surface area contributed by atoms with Gasteiger partial charge in [0.05, 0.1) is 12.5 Å². The van der Waals surface area contributed by atoms with Crippen LogP contribution >= 0.6 is 0 Å². The number of carboxylic acid groups (broad SMARTS) is 1. The third-order valence-electron chi connectivity index (χ3n) is 2.45. The fourth-order valence-corrected chi connectivity index (χ4v) is 1.54. The Bertz CT molecular complexity index is 462. The Morgan fingerprint density at radius 3 is 2.50 bits per heavy atom. The van der Waals surface area contributed by atoms with Crippen molar-refractivity contribution in [1.82, 2.24) is 0 Å². The molecule has 1 aromatic carbocycles. The van der Waals surface area contributed by atoms with Gasteiger partial charge in [-0.1, -0.05) is 18.9 Å². The highest BCUT2D eigenvalue weighted by atomic mass is 19.1. The number of anilines is 1. The molecule has 1 atom stereocenters. The van der Waals surface area contributed by atoms with E-state index in [-0.39, 0.29) is 18.8 Å².